The molecule has 18 heavy (non-hydrogen) atoms. The molecule has 0 aliphatic carbocycles. The Bertz CT molecular complexity index is 269. The van der Waals surface area contributed by atoms with Gasteiger partial charge in [-0.05, 0) is 44.2 Å². The quantitative estimate of drug-likeness (QED) is 0.857. The summed E-state index contributed by atoms with van der Waals surface area (Å²) in [6.45, 7) is 8.40. The van der Waals surface area contributed by atoms with Gasteiger partial charge in [0, 0.05) is 19.0 Å². The lowest BCUT2D eigenvalue weighted by Crippen LogP contribution is -2.50. The Morgan fingerprint density at radius 1 is 1.33 bits per heavy atom. The van der Waals surface area contributed by atoms with Crippen LogP contribution in [0.3, 0.4) is 0 Å². The van der Waals surface area contributed by atoms with E-state index in [1.807, 2.05) is 0 Å². The van der Waals surface area contributed by atoms with Crippen LogP contribution in [0, 0.1) is 17.8 Å². The molecule has 0 bridgehead atoms. The lowest BCUT2D eigenvalue weighted by molar-refractivity contribution is -0.137. The van der Waals surface area contributed by atoms with Crippen LogP contribution in [0.1, 0.15) is 39.5 Å². The van der Waals surface area contributed by atoms with Crippen molar-refractivity contribution in [1.82, 2.24) is 10.2 Å². The van der Waals surface area contributed by atoms with Gasteiger partial charge >= 0.3 is 0 Å². The van der Waals surface area contributed by atoms with Crippen molar-refractivity contribution in [3.63, 3.8) is 0 Å². The second kappa shape index (κ2) is 7.34. The van der Waals surface area contributed by atoms with Gasteiger partial charge in [-0.1, -0.05) is 20.3 Å². The predicted molar refractivity (Wildman–Crippen MR) is 77.0 cm³/mol. The van der Waals surface area contributed by atoms with Gasteiger partial charge in [0.15, 0.2) is 0 Å². The Kier molecular flexibility index (Phi) is 6.44. The molecule has 3 nitrogen and oxygen atoms in total. The third-order valence-electron chi connectivity index (χ3n) is 4.65. The summed E-state index contributed by atoms with van der Waals surface area (Å²) in [5.74, 6) is 2.03. The third kappa shape index (κ3) is 3.61. The molecule has 0 aromatic heterocycles. The van der Waals surface area contributed by atoms with E-state index in [1.54, 1.807) is 0 Å². The van der Waals surface area contributed by atoms with Crippen LogP contribution in [0.2, 0.25) is 0 Å². The number of amides is 1. The first kappa shape index (κ1) is 15.8. The molecule has 1 amide bonds. The number of carbonyl (C=O) groups is 1. The second-order valence-electron chi connectivity index (χ2n) is 5.74. The molecule has 1 N–H and O–H groups in total. The van der Waals surface area contributed by atoms with Crippen molar-refractivity contribution in [3.05, 3.63) is 0 Å². The number of hydrogen-bond donors (Lipinski definition) is 1. The lowest BCUT2D eigenvalue weighted by atomic mass is 9.88. The van der Waals surface area contributed by atoms with Gasteiger partial charge in [-0.3, -0.25) is 4.79 Å². The standard InChI is InChI=1S/C14H26N2O.ClH/c1-3-12-5-4-7-16(8-6-12)14(17)11(2)13-9-15-10-13;/h11-13,15H,3-10H2,1-2H3;1H. The summed E-state index contributed by atoms with van der Waals surface area (Å²) >= 11 is 0. The maximum absolute atomic E-state index is 12.4. The normalized spacial score (nSPS) is 26.8. The minimum atomic E-state index is 0. The molecular weight excluding hydrogens is 248 g/mol. The van der Waals surface area contributed by atoms with Crippen molar-refractivity contribution < 1.29 is 4.79 Å². The summed E-state index contributed by atoms with van der Waals surface area (Å²) in [5.41, 5.74) is 0. The molecule has 0 aromatic carbocycles. The zero-order valence-corrected chi connectivity index (χ0v) is 12.5. The van der Waals surface area contributed by atoms with E-state index in [0.29, 0.717) is 11.8 Å². The highest BCUT2D eigenvalue weighted by Crippen LogP contribution is 2.24. The molecule has 106 valence electrons. The second-order valence-corrected chi connectivity index (χ2v) is 5.74. The fraction of sp³-hybridized carbons (Fsp3) is 0.929. The van der Waals surface area contributed by atoms with Crippen molar-refractivity contribution in [2.75, 3.05) is 26.2 Å². The van der Waals surface area contributed by atoms with Crippen molar-refractivity contribution >= 4 is 18.3 Å². The number of hydrogen-bond acceptors (Lipinski definition) is 2. The van der Waals surface area contributed by atoms with E-state index in [2.05, 4.69) is 24.1 Å². The van der Waals surface area contributed by atoms with Crippen LogP contribution in [0.15, 0.2) is 0 Å². The molecular formula is C14H27ClN2O. The molecule has 2 aliphatic heterocycles. The highest BCUT2D eigenvalue weighted by Gasteiger charge is 2.32. The van der Waals surface area contributed by atoms with Gasteiger partial charge in [0.25, 0.3) is 0 Å². The van der Waals surface area contributed by atoms with Gasteiger partial charge in [0.1, 0.15) is 0 Å². The summed E-state index contributed by atoms with van der Waals surface area (Å²) in [7, 11) is 0. The Morgan fingerprint density at radius 2 is 2.06 bits per heavy atom. The van der Waals surface area contributed by atoms with Crippen LogP contribution in [0.25, 0.3) is 0 Å². The number of rotatable bonds is 3. The van der Waals surface area contributed by atoms with Gasteiger partial charge in [0.2, 0.25) is 5.91 Å². The van der Waals surface area contributed by atoms with E-state index in [0.717, 1.165) is 32.1 Å². The molecule has 2 saturated heterocycles. The molecule has 2 unspecified atom stereocenters. The van der Waals surface area contributed by atoms with E-state index in [4.69, 9.17) is 0 Å². The van der Waals surface area contributed by atoms with E-state index >= 15 is 0 Å². The average Bonchev–Trinajstić information content (AvgIpc) is 2.50. The summed E-state index contributed by atoms with van der Waals surface area (Å²) in [6.07, 6.45) is 4.97. The Morgan fingerprint density at radius 3 is 2.61 bits per heavy atom. The van der Waals surface area contributed by atoms with Crippen LogP contribution in [-0.2, 0) is 4.79 Å². The Balaban J connectivity index is 0.00000162. The third-order valence-corrected chi connectivity index (χ3v) is 4.65. The molecule has 2 heterocycles. The molecule has 2 fully saturated rings. The molecule has 0 saturated carbocycles. The average molecular weight is 275 g/mol. The van der Waals surface area contributed by atoms with Crippen LogP contribution in [-0.4, -0.2) is 37.0 Å². The van der Waals surface area contributed by atoms with Crippen molar-refractivity contribution in [1.29, 1.82) is 0 Å². The van der Waals surface area contributed by atoms with E-state index < -0.39 is 0 Å². The van der Waals surface area contributed by atoms with Crippen molar-refractivity contribution in [2.45, 2.75) is 39.5 Å². The first-order valence-corrected chi connectivity index (χ1v) is 7.22. The van der Waals surface area contributed by atoms with Crippen LogP contribution in [0.4, 0.5) is 0 Å². The maximum atomic E-state index is 12.4. The van der Waals surface area contributed by atoms with Crippen molar-refractivity contribution in [2.24, 2.45) is 17.8 Å². The SMILES string of the molecule is CCC1CCCN(C(=O)C(C)C2CNC2)CC1.Cl. The van der Waals surface area contributed by atoms with Crippen LogP contribution in [0.5, 0.6) is 0 Å². The highest BCUT2D eigenvalue weighted by molar-refractivity contribution is 5.85. The largest absolute Gasteiger partial charge is 0.342 e. The van der Waals surface area contributed by atoms with Gasteiger partial charge < -0.3 is 10.2 Å². The monoisotopic (exact) mass is 274 g/mol. The predicted octanol–water partition coefficient (Wildman–Crippen LogP) is 2.30. The fourth-order valence-electron chi connectivity index (χ4n) is 2.95. The molecule has 0 aromatic rings. The summed E-state index contributed by atoms with van der Waals surface area (Å²) in [4.78, 5) is 14.5. The molecule has 0 spiro atoms. The first-order chi connectivity index (χ1) is 8.22. The Hall–Kier alpha value is -0.280. The molecule has 0 radical (unpaired) electrons. The molecule has 2 rings (SSSR count). The minimum absolute atomic E-state index is 0. The summed E-state index contributed by atoms with van der Waals surface area (Å²) < 4.78 is 0. The summed E-state index contributed by atoms with van der Waals surface area (Å²) in [6, 6.07) is 0. The van der Waals surface area contributed by atoms with E-state index in [-0.39, 0.29) is 18.3 Å². The van der Waals surface area contributed by atoms with Gasteiger partial charge in [-0.15, -0.1) is 12.4 Å². The highest BCUT2D eigenvalue weighted by atomic mass is 35.5. The maximum Gasteiger partial charge on any atom is 0.225 e. The molecule has 2 aliphatic rings. The number of halogens is 1. The molecule has 4 heteroatoms. The molecule has 2 atom stereocenters. The van der Waals surface area contributed by atoms with E-state index in [1.165, 1.54) is 25.7 Å². The zero-order valence-electron chi connectivity index (χ0n) is 11.7. The minimum Gasteiger partial charge on any atom is -0.342 e. The van der Waals surface area contributed by atoms with E-state index in [9.17, 15) is 4.79 Å². The Labute approximate surface area is 117 Å². The van der Waals surface area contributed by atoms with Gasteiger partial charge in [-0.25, -0.2) is 0 Å². The number of nitrogens with zero attached hydrogens (tertiary/aromatic N) is 1. The summed E-state index contributed by atoms with van der Waals surface area (Å²) in [5, 5.41) is 3.26. The lowest BCUT2D eigenvalue weighted by Gasteiger charge is -2.34. The van der Waals surface area contributed by atoms with Crippen molar-refractivity contribution in [3.8, 4) is 0 Å². The smallest absolute Gasteiger partial charge is 0.225 e. The van der Waals surface area contributed by atoms with Gasteiger partial charge in [-0.2, -0.15) is 0 Å². The topological polar surface area (TPSA) is 32.3 Å². The van der Waals surface area contributed by atoms with Gasteiger partial charge in [0.05, 0.1) is 0 Å². The first-order valence-electron chi connectivity index (χ1n) is 7.22. The number of carbonyl (C=O) groups excluding carboxylic acids is 1. The van der Waals surface area contributed by atoms with Crippen LogP contribution < -0.4 is 5.32 Å². The van der Waals surface area contributed by atoms with Crippen LogP contribution >= 0.6 is 12.4 Å². The zero-order chi connectivity index (χ0) is 12.3. The number of nitrogens with one attached hydrogen (secondary N) is 1. The fourth-order valence-corrected chi connectivity index (χ4v) is 2.95. The number of likely N-dealkylation sites (tertiary alicyclic amines) is 1.